The molecular weight excluding hydrogens is 138 g/mol. The molecule has 0 radical (unpaired) electrons. The molecule has 1 rings (SSSR count). The molecule has 2 nitrogen and oxygen atoms in total. The van der Waals surface area contributed by atoms with Crippen molar-refractivity contribution in [1.82, 2.24) is 4.90 Å². The van der Waals surface area contributed by atoms with Crippen molar-refractivity contribution >= 4 is 5.91 Å². The highest BCUT2D eigenvalue weighted by Crippen LogP contribution is 2.13. The van der Waals surface area contributed by atoms with Crippen LogP contribution in [0.2, 0.25) is 0 Å². The number of likely N-dealkylation sites (tertiary alicyclic amines) is 1. The molecular formula is C9H15NO. The van der Waals surface area contributed by atoms with Crippen molar-refractivity contribution in [3.05, 3.63) is 12.7 Å². The molecule has 1 unspecified atom stereocenters. The summed E-state index contributed by atoms with van der Waals surface area (Å²) in [5.41, 5.74) is 0. The van der Waals surface area contributed by atoms with Gasteiger partial charge in [-0.3, -0.25) is 4.79 Å². The van der Waals surface area contributed by atoms with Gasteiger partial charge >= 0.3 is 0 Å². The number of hydrogen-bond acceptors (Lipinski definition) is 1. The maximum Gasteiger partial charge on any atom is 0.223 e. The van der Waals surface area contributed by atoms with Crippen LogP contribution in [0, 0.1) is 0 Å². The average Bonchev–Trinajstić information content (AvgIpc) is 2.04. The van der Waals surface area contributed by atoms with E-state index in [2.05, 4.69) is 6.58 Å². The molecule has 1 aliphatic heterocycles. The van der Waals surface area contributed by atoms with Gasteiger partial charge in [-0.05, 0) is 19.8 Å². The fraction of sp³-hybridized carbons (Fsp3) is 0.667. The predicted octanol–water partition coefficient (Wildman–Crippen LogP) is 1.57. The Morgan fingerprint density at radius 1 is 1.64 bits per heavy atom. The minimum atomic E-state index is 0.211. The van der Waals surface area contributed by atoms with Crippen molar-refractivity contribution in [3.8, 4) is 0 Å². The normalized spacial score (nSPS) is 21.5. The van der Waals surface area contributed by atoms with Gasteiger partial charge in [0.15, 0.2) is 0 Å². The molecule has 0 saturated carbocycles. The van der Waals surface area contributed by atoms with Crippen molar-refractivity contribution in [2.45, 2.75) is 32.2 Å². The number of carbonyl (C=O) groups excluding carboxylic acids is 1. The van der Waals surface area contributed by atoms with E-state index < -0.39 is 0 Å². The van der Waals surface area contributed by atoms with E-state index in [1.165, 1.54) is 0 Å². The molecule has 0 aliphatic carbocycles. The van der Waals surface area contributed by atoms with Crippen LogP contribution in [0.3, 0.4) is 0 Å². The third kappa shape index (κ3) is 1.82. The molecule has 1 amide bonds. The molecule has 0 aromatic rings. The molecule has 11 heavy (non-hydrogen) atoms. The van der Waals surface area contributed by atoms with Gasteiger partial charge in [0.1, 0.15) is 0 Å². The van der Waals surface area contributed by atoms with Crippen molar-refractivity contribution in [1.29, 1.82) is 0 Å². The van der Waals surface area contributed by atoms with Crippen molar-refractivity contribution in [2.24, 2.45) is 0 Å². The first-order valence-electron chi connectivity index (χ1n) is 4.17. The van der Waals surface area contributed by atoms with Gasteiger partial charge in [-0.1, -0.05) is 6.08 Å². The van der Waals surface area contributed by atoms with Crippen molar-refractivity contribution in [3.63, 3.8) is 0 Å². The molecule has 0 bridgehead atoms. The number of nitrogens with zero attached hydrogens (tertiary/aromatic N) is 1. The van der Waals surface area contributed by atoms with Crippen LogP contribution in [-0.4, -0.2) is 23.4 Å². The minimum Gasteiger partial charge on any atom is -0.337 e. The maximum atomic E-state index is 11.3. The van der Waals surface area contributed by atoms with Crippen molar-refractivity contribution < 1.29 is 4.79 Å². The second kappa shape index (κ2) is 3.56. The van der Waals surface area contributed by atoms with Crippen LogP contribution in [-0.2, 0) is 4.79 Å². The lowest BCUT2D eigenvalue weighted by Gasteiger charge is -2.30. The van der Waals surface area contributed by atoms with E-state index in [1.807, 2.05) is 17.9 Å². The highest BCUT2D eigenvalue weighted by Gasteiger charge is 2.20. The Morgan fingerprint density at radius 3 is 2.91 bits per heavy atom. The van der Waals surface area contributed by atoms with Crippen molar-refractivity contribution in [2.75, 3.05) is 6.54 Å². The largest absolute Gasteiger partial charge is 0.337 e. The summed E-state index contributed by atoms with van der Waals surface area (Å²) in [6.07, 6.45) is 4.74. The molecule has 0 aromatic carbocycles. The summed E-state index contributed by atoms with van der Waals surface area (Å²) in [6, 6.07) is 0.211. The number of hydrogen-bond donors (Lipinski definition) is 0. The summed E-state index contributed by atoms with van der Waals surface area (Å²) in [4.78, 5) is 13.2. The van der Waals surface area contributed by atoms with E-state index >= 15 is 0 Å². The van der Waals surface area contributed by atoms with Crippen LogP contribution >= 0.6 is 0 Å². The predicted molar refractivity (Wildman–Crippen MR) is 45.2 cm³/mol. The molecule has 0 aromatic heterocycles. The lowest BCUT2D eigenvalue weighted by Crippen LogP contribution is -2.40. The van der Waals surface area contributed by atoms with Crippen LogP contribution in [0.4, 0.5) is 0 Å². The minimum absolute atomic E-state index is 0.211. The Bertz CT molecular complexity index is 165. The third-order valence-corrected chi connectivity index (χ3v) is 2.19. The summed E-state index contributed by atoms with van der Waals surface area (Å²) in [5.74, 6) is 0.281. The quantitative estimate of drug-likeness (QED) is 0.551. The SMILES string of the molecule is C=CC(C)N1CCCCC1=O. The standard InChI is InChI=1S/C9H15NO/c1-3-8(2)10-7-5-4-6-9(10)11/h3,8H,1,4-7H2,2H3. The Hall–Kier alpha value is -0.790. The Morgan fingerprint density at radius 2 is 2.36 bits per heavy atom. The first-order valence-corrected chi connectivity index (χ1v) is 4.17. The van der Waals surface area contributed by atoms with Crippen LogP contribution in [0.1, 0.15) is 26.2 Å². The molecule has 62 valence electrons. The van der Waals surface area contributed by atoms with Gasteiger partial charge in [0.25, 0.3) is 0 Å². The third-order valence-electron chi connectivity index (χ3n) is 2.19. The first kappa shape index (κ1) is 8.31. The number of rotatable bonds is 2. The van der Waals surface area contributed by atoms with Gasteiger partial charge in [0, 0.05) is 19.0 Å². The van der Waals surface area contributed by atoms with Crippen LogP contribution in [0.5, 0.6) is 0 Å². The topological polar surface area (TPSA) is 20.3 Å². The summed E-state index contributed by atoms with van der Waals surface area (Å²) >= 11 is 0. The fourth-order valence-corrected chi connectivity index (χ4v) is 1.38. The Balaban J connectivity index is 2.53. The molecule has 0 spiro atoms. The van der Waals surface area contributed by atoms with Crippen LogP contribution in [0.15, 0.2) is 12.7 Å². The molecule has 0 N–H and O–H groups in total. The van der Waals surface area contributed by atoms with E-state index in [0.29, 0.717) is 0 Å². The lowest BCUT2D eigenvalue weighted by atomic mass is 10.1. The van der Waals surface area contributed by atoms with E-state index in [9.17, 15) is 4.79 Å². The van der Waals surface area contributed by atoms with E-state index in [4.69, 9.17) is 0 Å². The second-order valence-electron chi connectivity index (χ2n) is 3.02. The van der Waals surface area contributed by atoms with E-state index in [-0.39, 0.29) is 11.9 Å². The van der Waals surface area contributed by atoms with Gasteiger partial charge in [0.2, 0.25) is 5.91 Å². The lowest BCUT2D eigenvalue weighted by molar-refractivity contribution is -0.134. The zero-order chi connectivity index (χ0) is 8.27. The summed E-state index contributed by atoms with van der Waals surface area (Å²) in [6.45, 7) is 6.60. The zero-order valence-electron chi connectivity index (χ0n) is 7.05. The highest BCUT2D eigenvalue weighted by atomic mass is 16.2. The summed E-state index contributed by atoms with van der Waals surface area (Å²) < 4.78 is 0. The van der Waals surface area contributed by atoms with Gasteiger partial charge in [-0.2, -0.15) is 0 Å². The second-order valence-corrected chi connectivity index (χ2v) is 3.02. The summed E-state index contributed by atoms with van der Waals surface area (Å²) in [5, 5.41) is 0. The molecule has 1 saturated heterocycles. The van der Waals surface area contributed by atoms with Gasteiger partial charge in [-0.25, -0.2) is 0 Å². The van der Waals surface area contributed by atoms with Crippen LogP contribution in [0.25, 0.3) is 0 Å². The molecule has 1 fully saturated rings. The van der Waals surface area contributed by atoms with E-state index in [0.717, 1.165) is 25.8 Å². The average molecular weight is 153 g/mol. The number of amides is 1. The number of piperidine rings is 1. The van der Waals surface area contributed by atoms with Gasteiger partial charge in [-0.15, -0.1) is 6.58 Å². The molecule has 1 atom stereocenters. The molecule has 2 heteroatoms. The fourth-order valence-electron chi connectivity index (χ4n) is 1.38. The summed E-state index contributed by atoms with van der Waals surface area (Å²) in [7, 11) is 0. The van der Waals surface area contributed by atoms with E-state index in [1.54, 1.807) is 0 Å². The maximum absolute atomic E-state index is 11.3. The molecule has 1 aliphatic rings. The smallest absolute Gasteiger partial charge is 0.223 e. The first-order chi connectivity index (χ1) is 5.25. The Kier molecular flexibility index (Phi) is 2.69. The number of carbonyl (C=O) groups is 1. The highest BCUT2D eigenvalue weighted by molar-refractivity contribution is 5.77. The van der Waals surface area contributed by atoms with Gasteiger partial charge < -0.3 is 4.90 Å². The van der Waals surface area contributed by atoms with Gasteiger partial charge in [0.05, 0.1) is 0 Å². The Labute approximate surface area is 67.9 Å². The zero-order valence-corrected chi connectivity index (χ0v) is 7.05. The monoisotopic (exact) mass is 153 g/mol. The van der Waals surface area contributed by atoms with Crippen LogP contribution < -0.4 is 0 Å². The molecule has 1 heterocycles.